The number of aryl methyl sites for hydroxylation is 1. The molecule has 1 aliphatic rings. The summed E-state index contributed by atoms with van der Waals surface area (Å²) in [5.41, 5.74) is 1.86. The average molecular weight is 294 g/mol. The molecule has 5 nitrogen and oxygen atoms in total. The summed E-state index contributed by atoms with van der Waals surface area (Å²) in [6.07, 6.45) is 1.60. The molecule has 1 saturated heterocycles. The number of imidazole rings is 1. The molecule has 2 aromatic rings. The first-order chi connectivity index (χ1) is 9.50. The quantitative estimate of drug-likeness (QED) is 0.848. The number of hydrogen-bond donors (Lipinski definition) is 0. The van der Waals surface area contributed by atoms with E-state index in [1.54, 1.807) is 7.11 Å². The van der Waals surface area contributed by atoms with Crippen molar-refractivity contribution >= 4 is 20.9 Å². The van der Waals surface area contributed by atoms with Crippen LogP contribution in [0.15, 0.2) is 18.2 Å². The van der Waals surface area contributed by atoms with Gasteiger partial charge in [0.1, 0.15) is 11.6 Å². The van der Waals surface area contributed by atoms with Gasteiger partial charge in [-0.05, 0) is 25.0 Å². The number of hydrogen-bond acceptors (Lipinski definition) is 4. The van der Waals surface area contributed by atoms with E-state index >= 15 is 0 Å². The van der Waals surface area contributed by atoms with E-state index in [0.717, 1.165) is 35.4 Å². The molecule has 6 heteroatoms. The van der Waals surface area contributed by atoms with E-state index in [2.05, 4.69) is 4.98 Å². The second-order valence-corrected chi connectivity index (χ2v) is 7.57. The van der Waals surface area contributed by atoms with Gasteiger partial charge in [-0.1, -0.05) is 0 Å². The predicted octanol–water partition coefficient (Wildman–Crippen LogP) is 1.87. The van der Waals surface area contributed by atoms with Crippen molar-refractivity contribution in [1.29, 1.82) is 0 Å². The third kappa shape index (κ3) is 2.28. The molecule has 3 rings (SSSR count). The molecular weight excluding hydrogens is 276 g/mol. The molecule has 1 atom stereocenters. The number of fused-ring (bicyclic) bond motifs is 1. The summed E-state index contributed by atoms with van der Waals surface area (Å²) in [4.78, 5) is 4.63. The van der Waals surface area contributed by atoms with Gasteiger partial charge in [-0.2, -0.15) is 0 Å². The van der Waals surface area contributed by atoms with Crippen LogP contribution >= 0.6 is 0 Å². The van der Waals surface area contributed by atoms with E-state index in [4.69, 9.17) is 4.74 Å². The standard InChI is InChI=1S/C14H18N2O3S/c1-16-13-6-5-11(19-2)8-12(13)15-14(16)10-4-3-7-20(17,18)9-10/h5-6,8,10H,3-4,7,9H2,1-2H3. The van der Waals surface area contributed by atoms with Crippen molar-refractivity contribution in [3.63, 3.8) is 0 Å². The lowest BCUT2D eigenvalue weighted by molar-refractivity contribution is 0.415. The molecule has 108 valence electrons. The van der Waals surface area contributed by atoms with Gasteiger partial charge < -0.3 is 9.30 Å². The highest BCUT2D eigenvalue weighted by Crippen LogP contribution is 2.30. The van der Waals surface area contributed by atoms with E-state index in [1.165, 1.54) is 0 Å². The molecule has 1 aromatic carbocycles. The van der Waals surface area contributed by atoms with Gasteiger partial charge >= 0.3 is 0 Å². The maximum atomic E-state index is 11.8. The number of rotatable bonds is 2. The fourth-order valence-electron chi connectivity index (χ4n) is 2.92. The van der Waals surface area contributed by atoms with Crippen LogP contribution in [0.1, 0.15) is 24.6 Å². The minimum Gasteiger partial charge on any atom is -0.497 e. The zero-order chi connectivity index (χ0) is 14.3. The van der Waals surface area contributed by atoms with Crippen LogP contribution in [-0.4, -0.2) is 36.6 Å². The maximum absolute atomic E-state index is 11.8. The number of ether oxygens (including phenoxy) is 1. The highest BCUT2D eigenvalue weighted by atomic mass is 32.2. The Morgan fingerprint density at radius 3 is 2.90 bits per heavy atom. The van der Waals surface area contributed by atoms with Crippen LogP contribution < -0.4 is 4.74 Å². The van der Waals surface area contributed by atoms with Crippen LogP contribution in [0.3, 0.4) is 0 Å². The largest absolute Gasteiger partial charge is 0.497 e. The van der Waals surface area contributed by atoms with Crippen molar-refractivity contribution in [2.75, 3.05) is 18.6 Å². The lowest BCUT2D eigenvalue weighted by atomic mass is 10.1. The summed E-state index contributed by atoms with van der Waals surface area (Å²) in [7, 11) is 0.641. The number of benzene rings is 1. The van der Waals surface area contributed by atoms with Crippen molar-refractivity contribution in [3.05, 3.63) is 24.0 Å². The second-order valence-electron chi connectivity index (χ2n) is 5.34. The van der Waals surface area contributed by atoms with Crippen LogP contribution in [0.5, 0.6) is 5.75 Å². The summed E-state index contributed by atoms with van der Waals surface area (Å²) < 4.78 is 30.8. The number of aromatic nitrogens is 2. The van der Waals surface area contributed by atoms with Crippen LogP contribution in [0.2, 0.25) is 0 Å². The first-order valence-electron chi connectivity index (χ1n) is 6.71. The Morgan fingerprint density at radius 1 is 1.40 bits per heavy atom. The normalized spacial score (nSPS) is 22.0. The molecule has 1 aliphatic heterocycles. The molecule has 0 radical (unpaired) electrons. The van der Waals surface area contributed by atoms with Gasteiger partial charge in [-0.25, -0.2) is 13.4 Å². The Balaban J connectivity index is 2.05. The highest BCUT2D eigenvalue weighted by molar-refractivity contribution is 7.91. The molecule has 0 saturated carbocycles. The summed E-state index contributed by atoms with van der Waals surface area (Å²) in [6, 6.07) is 5.74. The molecule has 0 amide bonds. The molecule has 2 heterocycles. The van der Waals surface area contributed by atoms with E-state index in [-0.39, 0.29) is 11.7 Å². The zero-order valence-corrected chi connectivity index (χ0v) is 12.5. The molecule has 1 fully saturated rings. The molecule has 1 unspecified atom stereocenters. The van der Waals surface area contributed by atoms with Crippen molar-refractivity contribution in [2.24, 2.45) is 7.05 Å². The fraction of sp³-hybridized carbons (Fsp3) is 0.500. The highest BCUT2D eigenvalue weighted by Gasteiger charge is 2.29. The number of nitrogens with zero attached hydrogens (tertiary/aromatic N) is 2. The van der Waals surface area contributed by atoms with Gasteiger partial charge in [0.15, 0.2) is 9.84 Å². The molecule has 20 heavy (non-hydrogen) atoms. The predicted molar refractivity (Wildman–Crippen MR) is 77.9 cm³/mol. The van der Waals surface area contributed by atoms with Gasteiger partial charge in [-0.3, -0.25) is 0 Å². The van der Waals surface area contributed by atoms with Crippen molar-refractivity contribution in [3.8, 4) is 5.75 Å². The van der Waals surface area contributed by atoms with E-state index < -0.39 is 9.84 Å². The monoisotopic (exact) mass is 294 g/mol. The Kier molecular flexibility index (Phi) is 3.20. The van der Waals surface area contributed by atoms with E-state index in [1.807, 2.05) is 29.8 Å². The van der Waals surface area contributed by atoms with Crippen LogP contribution in [0.4, 0.5) is 0 Å². The third-order valence-electron chi connectivity index (χ3n) is 3.95. The zero-order valence-electron chi connectivity index (χ0n) is 11.7. The summed E-state index contributed by atoms with van der Waals surface area (Å²) in [5, 5.41) is 0. The Hall–Kier alpha value is -1.56. The van der Waals surface area contributed by atoms with Gasteiger partial charge in [0.2, 0.25) is 0 Å². The minimum absolute atomic E-state index is 0.00264. The molecule has 0 N–H and O–H groups in total. The van der Waals surface area contributed by atoms with Crippen molar-refractivity contribution in [1.82, 2.24) is 9.55 Å². The average Bonchev–Trinajstić information content (AvgIpc) is 2.74. The molecule has 0 spiro atoms. The van der Waals surface area contributed by atoms with Crippen LogP contribution in [-0.2, 0) is 16.9 Å². The number of sulfone groups is 1. The Labute approximate surface area is 118 Å². The Bertz CT molecular complexity index is 749. The molecule has 0 bridgehead atoms. The third-order valence-corrected chi connectivity index (χ3v) is 5.77. The van der Waals surface area contributed by atoms with Gasteiger partial charge in [0.25, 0.3) is 0 Å². The van der Waals surface area contributed by atoms with Gasteiger partial charge in [0, 0.05) is 19.0 Å². The molecule has 1 aromatic heterocycles. The molecular formula is C14H18N2O3S. The van der Waals surface area contributed by atoms with Crippen molar-refractivity contribution < 1.29 is 13.2 Å². The first kappa shape index (κ1) is 13.4. The maximum Gasteiger partial charge on any atom is 0.151 e. The summed E-state index contributed by atoms with van der Waals surface area (Å²) in [6.45, 7) is 0. The van der Waals surface area contributed by atoms with Gasteiger partial charge in [-0.15, -0.1) is 0 Å². The van der Waals surface area contributed by atoms with E-state index in [9.17, 15) is 8.42 Å². The van der Waals surface area contributed by atoms with Crippen LogP contribution in [0.25, 0.3) is 11.0 Å². The van der Waals surface area contributed by atoms with E-state index in [0.29, 0.717) is 5.75 Å². The first-order valence-corrected chi connectivity index (χ1v) is 8.53. The van der Waals surface area contributed by atoms with Gasteiger partial charge in [0.05, 0.1) is 29.6 Å². The molecule has 0 aliphatic carbocycles. The summed E-state index contributed by atoms with van der Waals surface area (Å²) in [5.74, 6) is 2.13. The lowest BCUT2D eigenvalue weighted by Gasteiger charge is -2.21. The Morgan fingerprint density at radius 2 is 2.20 bits per heavy atom. The SMILES string of the molecule is COc1ccc2c(c1)nc(C1CCCS(=O)(=O)C1)n2C. The topological polar surface area (TPSA) is 61.2 Å². The fourth-order valence-corrected chi connectivity index (χ4v) is 4.62. The number of methoxy groups -OCH3 is 1. The van der Waals surface area contributed by atoms with Crippen molar-refractivity contribution in [2.45, 2.75) is 18.8 Å². The lowest BCUT2D eigenvalue weighted by Crippen LogP contribution is -2.25. The minimum atomic E-state index is -2.93. The van der Waals surface area contributed by atoms with Crippen LogP contribution in [0, 0.1) is 0 Å². The summed E-state index contributed by atoms with van der Waals surface area (Å²) >= 11 is 0. The second kappa shape index (κ2) is 4.77. The smallest absolute Gasteiger partial charge is 0.151 e.